The molecule has 5 rings (SSSR count). The van der Waals surface area contributed by atoms with E-state index in [1.807, 2.05) is 38.1 Å². The summed E-state index contributed by atoms with van der Waals surface area (Å²) in [5.74, 6) is 1.48. The molecule has 0 radical (unpaired) electrons. The zero-order valence-corrected chi connectivity index (χ0v) is 21.1. The third-order valence-electron chi connectivity index (χ3n) is 6.46. The van der Waals surface area contributed by atoms with Crippen LogP contribution in [0.25, 0.3) is 0 Å². The van der Waals surface area contributed by atoms with Crippen LogP contribution in [0.5, 0.6) is 11.6 Å². The van der Waals surface area contributed by atoms with Crippen molar-refractivity contribution in [3.63, 3.8) is 0 Å². The van der Waals surface area contributed by atoms with Gasteiger partial charge in [0.1, 0.15) is 5.75 Å². The quantitative estimate of drug-likeness (QED) is 0.512. The van der Waals surface area contributed by atoms with Crippen LogP contribution in [0.15, 0.2) is 48.7 Å². The van der Waals surface area contributed by atoms with Crippen LogP contribution in [-0.2, 0) is 10.0 Å². The average molecular weight is 505 g/mol. The summed E-state index contributed by atoms with van der Waals surface area (Å²) < 4.78 is 32.6. The Bertz CT molecular complexity index is 1380. The highest BCUT2D eigenvalue weighted by molar-refractivity contribution is 7.90. The summed E-state index contributed by atoms with van der Waals surface area (Å²) >= 11 is 0. The fourth-order valence-electron chi connectivity index (χ4n) is 4.40. The highest BCUT2D eigenvalue weighted by atomic mass is 32.2. The van der Waals surface area contributed by atoms with Crippen LogP contribution in [0.3, 0.4) is 0 Å². The molecule has 9 nitrogen and oxygen atoms in total. The Morgan fingerprint density at radius 3 is 2.31 bits per heavy atom. The molecular weight excluding hydrogens is 476 g/mol. The summed E-state index contributed by atoms with van der Waals surface area (Å²) in [6.45, 7) is 6.20. The van der Waals surface area contributed by atoms with E-state index in [2.05, 4.69) is 26.3 Å². The number of nitrogens with zero attached hydrogens (tertiary/aromatic N) is 5. The van der Waals surface area contributed by atoms with Crippen LogP contribution in [0, 0.1) is 25.2 Å². The predicted molar refractivity (Wildman–Crippen MR) is 138 cm³/mol. The fourth-order valence-corrected chi connectivity index (χ4v) is 6.23. The molecular formula is C26H28N6O3S. The summed E-state index contributed by atoms with van der Waals surface area (Å²) in [6.07, 6.45) is 3.22. The SMILES string of the molecule is Cc1cc(C#N)cc(C)c1Oc1ccnc(Nc2ccc(N3CCN(S(=O)(=O)C4CC4)CC3)cc2)n1. The lowest BCUT2D eigenvalue weighted by Gasteiger charge is -2.35. The van der Waals surface area contributed by atoms with Crippen LogP contribution in [0.4, 0.5) is 17.3 Å². The van der Waals surface area contributed by atoms with Crippen molar-refractivity contribution in [3.8, 4) is 17.7 Å². The van der Waals surface area contributed by atoms with E-state index in [-0.39, 0.29) is 5.25 Å². The molecule has 1 saturated carbocycles. The van der Waals surface area contributed by atoms with Gasteiger partial charge in [-0.2, -0.15) is 14.6 Å². The van der Waals surface area contributed by atoms with Crippen molar-refractivity contribution in [1.29, 1.82) is 5.26 Å². The van der Waals surface area contributed by atoms with Gasteiger partial charge >= 0.3 is 0 Å². The Morgan fingerprint density at radius 1 is 1.03 bits per heavy atom. The number of rotatable bonds is 7. The Morgan fingerprint density at radius 2 is 1.69 bits per heavy atom. The van der Waals surface area contributed by atoms with Crippen molar-refractivity contribution in [2.24, 2.45) is 0 Å². The lowest BCUT2D eigenvalue weighted by molar-refractivity contribution is 0.384. The van der Waals surface area contributed by atoms with Crippen molar-refractivity contribution in [2.45, 2.75) is 31.9 Å². The molecule has 1 aliphatic carbocycles. The molecule has 2 aromatic carbocycles. The minimum absolute atomic E-state index is 0.155. The molecule has 0 atom stereocenters. The van der Waals surface area contributed by atoms with Crippen molar-refractivity contribution in [3.05, 3.63) is 65.4 Å². The molecule has 0 amide bonds. The van der Waals surface area contributed by atoms with E-state index < -0.39 is 10.0 Å². The first-order chi connectivity index (χ1) is 17.3. The Kier molecular flexibility index (Phi) is 6.51. The van der Waals surface area contributed by atoms with Crippen molar-refractivity contribution >= 4 is 27.3 Å². The summed E-state index contributed by atoms with van der Waals surface area (Å²) in [5.41, 5.74) is 4.20. The van der Waals surface area contributed by atoms with Gasteiger partial charge in [-0.25, -0.2) is 13.4 Å². The summed E-state index contributed by atoms with van der Waals surface area (Å²) in [6, 6.07) is 15.3. The number of piperazine rings is 1. The normalized spacial score (nSPS) is 16.4. The lowest BCUT2D eigenvalue weighted by Crippen LogP contribution is -2.49. The molecule has 0 spiro atoms. The maximum Gasteiger partial charge on any atom is 0.230 e. The lowest BCUT2D eigenvalue weighted by atomic mass is 10.1. The van der Waals surface area contributed by atoms with Gasteiger partial charge in [-0.15, -0.1) is 0 Å². The van der Waals surface area contributed by atoms with Crippen LogP contribution < -0.4 is 15.0 Å². The number of hydrogen-bond donors (Lipinski definition) is 1. The van der Waals surface area contributed by atoms with Gasteiger partial charge in [-0.3, -0.25) is 0 Å². The Hall–Kier alpha value is -3.68. The van der Waals surface area contributed by atoms with E-state index in [1.165, 1.54) is 0 Å². The van der Waals surface area contributed by atoms with E-state index in [4.69, 9.17) is 10.00 Å². The molecule has 2 aliphatic rings. The predicted octanol–water partition coefficient (Wildman–Crippen LogP) is 4.12. The van der Waals surface area contributed by atoms with Crippen LogP contribution in [-0.4, -0.2) is 54.1 Å². The summed E-state index contributed by atoms with van der Waals surface area (Å²) in [4.78, 5) is 11.0. The van der Waals surface area contributed by atoms with Gasteiger partial charge in [0.2, 0.25) is 21.9 Å². The molecule has 0 unspecified atom stereocenters. The summed E-state index contributed by atoms with van der Waals surface area (Å²) in [5, 5.41) is 12.2. The second kappa shape index (κ2) is 9.76. The second-order valence-electron chi connectivity index (χ2n) is 9.17. The number of ether oxygens (including phenoxy) is 1. The first kappa shape index (κ1) is 24.0. The molecule has 0 bridgehead atoms. The Balaban J connectivity index is 1.21. The molecule has 2 heterocycles. The van der Waals surface area contributed by atoms with E-state index in [0.717, 1.165) is 35.3 Å². The van der Waals surface area contributed by atoms with Crippen LogP contribution >= 0.6 is 0 Å². The van der Waals surface area contributed by atoms with Crippen molar-refractivity contribution < 1.29 is 13.2 Å². The van der Waals surface area contributed by atoms with E-state index in [1.54, 1.807) is 28.7 Å². The van der Waals surface area contributed by atoms with Gasteiger partial charge in [-0.1, -0.05) is 0 Å². The zero-order valence-electron chi connectivity index (χ0n) is 20.3. The third-order valence-corrected chi connectivity index (χ3v) is 8.86. The zero-order chi connectivity index (χ0) is 25.3. The van der Waals surface area contributed by atoms with E-state index >= 15 is 0 Å². The maximum atomic E-state index is 12.5. The molecule has 1 saturated heterocycles. The second-order valence-corrected chi connectivity index (χ2v) is 11.4. The molecule has 1 aliphatic heterocycles. The van der Waals surface area contributed by atoms with Gasteiger partial charge in [0, 0.05) is 49.8 Å². The first-order valence-corrected chi connectivity index (χ1v) is 13.5. The molecule has 186 valence electrons. The largest absolute Gasteiger partial charge is 0.438 e. The Labute approximate surface area is 211 Å². The highest BCUT2D eigenvalue weighted by Gasteiger charge is 2.40. The van der Waals surface area contributed by atoms with Crippen molar-refractivity contribution in [1.82, 2.24) is 14.3 Å². The molecule has 36 heavy (non-hydrogen) atoms. The number of aryl methyl sites for hydroxylation is 2. The minimum atomic E-state index is -3.11. The van der Waals surface area contributed by atoms with Crippen LogP contribution in [0.1, 0.15) is 29.5 Å². The average Bonchev–Trinajstić information content (AvgIpc) is 3.73. The van der Waals surface area contributed by atoms with Gasteiger partial charge in [-0.05, 0) is 74.2 Å². The standard InChI is InChI=1S/C26H28N6O3S/c1-18-15-20(17-27)16-19(2)25(18)35-24-9-10-28-26(30-24)29-21-3-5-22(6-4-21)31-11-13-32(14-12-31)36(33,34)23-7-8-23/h3-6,9-10,15-16,23H,7-8,11-14H2,1-2H3,(H,28,29,30). The minimum Gasteiger partial charge on any atom is -0.438 e. The fraction of sp³-hybridized carbons (Fsp3) is 0.346. The van der Waals surface area contributed by atoms with Gasteiger partial charge in [0.25, 0.3) is 0 Å². The van der Waals surface area contributed by atoms with Gasteiger partial charge in [0.15, 0.2) is 0 Å². The van der Waals surface area contributed by atoms with E-state index in [9.17, 15) is 8.42 Å². The smallest absolute Gasteiger partial charge is 0.230 e. The number of aromatic nitrogens is 2. The maximum absolute atomic E-state index is 12.5. The third kappa shape index (κ3) is 5.12. The molecule has 1 N–H and O–H groups in total. The molecule has 1 aromatic heterocycles. The first-order valence-electron chi connectivity index (χ1n) is 12.0. The van der Waals surface area contributed by atoms with E-state index in [0.29, 0.717) is 49.3 Å². The van der Waals surface area contributed by atoms with Gasteiger partial charge in [0.05, 0.1) is 16.9 Å². The monoisotopic (exact) mass is 504 g/mol. The number of benzene rings is 2. The number of nitrogens with one attached hydrogen (secondary N) is 1. The highest BCUT2D eigenvalue weighted by Crippen LogP contribution is 2.32. The number of sulfonamides is 1. The topological polar surface area (TPSA) is 111 Å². The number of anilines is 3. The van der Waals surface area contributed by atoms with Crippen LogP contribution in [0.2, 0.25) is 0 Å². The number of nitriles is 1. The molecule has 2 fully saturated rings. The van der Waals surface area contributed by atoms with Gasteiger partial charge < -0.3 is 15.0 Å². The van der Waals surface area contributed by atoms with Crippen molar-refractivity contribution in [2.75, 3.05) is 36.4 Å². The molecule has 3 aromatic rings. The summed E-state index contributed by atoms with van der Waals surface area (Å²) in [7, 11) is -3.11. The molecule has 10 heteroatoms. The number of hydrogen-bond acceptors (Lipinski definition) is 8.